The molecule has 0 spiro atoms. The number of rotatable bonds is 8. The SMILES string of the molecule is Cc1nn(C2CC3CCC(C2)N3C)cc1Nc1ncc(C(F)(F)F)c(NCCCN2CC(C)(C)C2=O)n1. The van der Waals surface area contributed by atoms with E-state index in [0.29, 0.717) is 43.3 Å². The van der Waals surface area contributed by atoms with Gasteiger partial charge in [-0.3, -0.25) is 9.48 Å². The van der Waals surface area contributed by atoms with Crippen LogP contribution >= 0.6 is 0 Å². The summed E-state index contributed by atoms with van der Waals surface area (Å²) in [4.78, 5) is 24.3. The van der Waals surface area contributed by atoms with Crippen molar-refractivity contribution >= 4 is 23.4 Å². The van der Waals surface area contributed by atoms with Gasteiger partial charge in [-0.15, -0.1) is 0 Å². The van der Waals surface area contributed by atoms with Crippen molar-refractivity contribution in [3.8, 4) is 0 Å². The molecule has 0 aromatic carbocycles. The number of nitrogens with zero attached hydrogens (tertiary/aromatic N) is 6. The number of fused-ring (bicyclic) bond motifs is 2. The van der Waals surface area contributed by atoms with Gasteiger partial charge < -0.3 is 20.4 Å². The van der Waals surface area contributed by atoms with E-state index in [-0.39, 0.29) is 29.6 Å². The predicted molar refractivity (Wildman–Crippen MR) is 134 cm³/mol. The number of likely N-dealkylation sites (tertiary alicyclic amines) is 1. The zero-order chi connectivity index (χ0) is 26.5. The van der Waals surface area contributed by atoms with Gasteiger partial charge in [0.1, 0.15) is 11.4 Å². The predicted octanol–water partition coefficient (Wildman–Crippen LogP) is 4.21. The molecule has 2 aromatic rings. The first-order chi connectivity index (χ1) is 17.4. The third kappa shape index (κ3) is 5.12. The lowest BCUT2D eigenvalue weighted by Gasteiger charge is -2.44. The van der Waals surface area contributed by atoms with Crippen molar-refractivity contribution in [3.63, 3.8) is 0 Å². The van der Waals surface area contributed by atoms with Gasteiger partial charge in [0.25, 0.3) is 0 Å². The Labute approximate surface area is 214 Å². The summed E-state index contributed by atoms with van der Waals surface area (Å²) in [6.07, 6.45) is 3.13. The van der Waals surface area contributed by atoms with E-state index in [2.05, 4.69) is 32.5 Å². The van der Waals surface area contributed by atoms with Gasteiger partial charge in [0, 0.05) is 44.1 Å². The van der Waals surface area contributed by atoms with Gasteiger partial charge in [0.2, 0.25) is 11.9 Å². The number of aromatic nitrogens is 4. The molecule has 202 valence electrons. The van der Waals surface area contributed by atoms with Crippen molar-refractivity contribution in [3.05, 3.63) is 23.7 Å². The molecule has 2 aromatic heterocycles. The van der Waals surface area contributed by atoms with E-state index in [0.717, 1.165) is 24.7 Å². The summed E-state index contributed by atoms with van der Waals surface area (Å²) >= 11 is 0. The van der Waals surface area contributed by atoms with E-state index in [9.17, 15) is 18.0 Å². The molecule has 2 unspecified atom stereocenters. The fraction of sp³-hybridized carbons (Fsp3) is 0.680. The summed E-state index contributed by atoms with van der Waals surface area (Å²) < 4.78 is 42.8. The molecule has 2 bridgehead atoms. The number of aryl methyl sites for hydroxylation is 1. The molecular formula is C25H35F3N8O. The van der Waals surface area contributed by atoms with Crippen LogP contribution in [0.4, 0.5) is 30.6 Å². The average molecular weight is 521 g/mol. The van der Waals surface area contributed by atoms with Crippen molar-refractivity contribution in [2.24, 2.45) is 5.41 Å². The Bertz CT molecular complexity index is 1150. The molecular weight excluding hydrogens is 485 g/mol. The molecule has 37 heavy (non-hydrogen) atoms. The number of carbonyl (C=O) groups excluding carboxylic acids is 1. The Hall–Kier alpha value is -2.89. The monoisotopic (exact) mass is 520 g/mol. The van der Waals surface area contributed by atoms with E-state index in [1.54, 1.807) is 4.90 Å². The minimum Gasteiger partial charge on any atom is -0.369 e. The molecule has 2 atom stereocenters. The highest BCUT2D eigenvalue weighted by molar-refractivity contribution is 5.87. The maximum Gasteiger partial charge on any atom is 0.421 e. The molecule has 3 aliphatic rings. The highest BCUT2D eigenvalue weighted by Gasteiger charge is 2.43. The molecule has 12 heteroatoms. The molecule has 3 aliphatic heterocycles. The number of hydrogen-bond acceptors (Lipinski definition) is 7. The zero-order valence-electron chi connectivity index (χ0n) is 21.8. The minimum atomic E-state index is -4.59. The lowest BCUT2D eigenvalue weighted by atomic mass is 9.83. The van der Waals surface area contributed by atoms with E-state index in [1.165, 1.54) is 12.8 Å². The maximum atomic E-state index is 13.6. The van der Waals surface area contributed by atoms with Gasteiger partial charge in [0.15, 0.2) is 0 Å². The molecule has 0 aliphatic carbocycles. The second-order valence-corrected chi connectivity index (χ2v) is 11.3. The van der Waals surface area contributed by atoms with Crippen molar-refractivity contribution < 1.29 is 18.0 Å². The van der Waals surface area contributed by atoms with Crippen LogP contribution in [0.15, 0.2) is 12.4 Å². The summed E-state index contributed by atoms with van der Waals surface area (Å²) in [5.41, 5.74) is 0.152. The molecule has 5 rings (SSSR count). The number of carbonyl (C=O) groups is 1. The Morgan fingerprint density at radius 3 is 2.49 bits per heavy atom. The van der Waals surface area contributed by atoms with Gasteiger partial charge in [-0.2, -0.15) is 23.3 Å². The van der Waals surface area contributed by atoms with Crippen molar-refractivity contribution in [2.45, 2.75) is 77.2 Å². The van der Waals surface area contributed by atoms with Crippen LogP contribution in [0.2, 0.25) is 0 Å². The van der Waals surface area contributed by atoms with Crippen LogP contribution in [-0.2, 0) is 11.0 Å². The average Bonchev–Trinajstić information content (AvgIpc) is 3.26. The van der Waals surface area contributed by atoms with Crippen molar-refractivity contribution in [1.29, 1.82) is 0 Å². The number of anilines is 3. The van der Waals surface area contributed by atoms with E-state index >= 15 is 0 Å². The van der Waals surface area contributed by atoms with Gasteiger partial charge >= 0.3 is 6.18 Å². The first kappa shape index (κ1) is 25.7. The van der Waals surface area contributed by atoms with Gasteiger partial charge in [-0.1, -0.05) is 0 Å². The molecule has 1 amide bonds. The Balaban J connectivity index is 1.25. The standard InChI is InChI=1S/C25H35F3N8O/c1-15-20(13-36(33-15)18-10-16-6-7-17(11-18)34(16)4)31-23-30-12-19(25(26,27)28)21(32-23)29-8-5-9-35-14-24(2,3)22(35)37/h12-13,16-18H,5-11,14H2,1-4H3,(H2,29,30,31,32). The Kier molecular flexibility index (Phi) is 6.57. The third-order valence-corrected chi connectivity index (χ3v) is 8.05. The summed E-state index contributed by atoms with van der Waals surface area (Å²) in [6.45, 7) is 7.04. The van der Waals surface area contributed by atoms with E-state index in [4.69, 9.17) is 5.10 Å². The van der Waals surface area contributed by atoms with Crippen LogP contribution < -0.4 is 10.6 Å². The maximum absolute atomic E-state index is 13.6. The number of alkyl halides is 3. The summed E-state index contributed by atoms with van der Waals surface area (Å²) in [5.74, 6) is -0.140. The largest absolute Gasteiger partial charge is 0.421 e. The van der Waals surface area contributed by atoms with Gasteiger partial charge in [-0.05, 0) is 59.9 Å². The molecule has 3 saturated heterocycles. The molecule has 0 radical (unpaired) electrons. The first-order valence-corrected chi connectivity index (χ1v) is 12.9. The summed E-state index contributed by atoms with van der Waals surface area (Å²) in [5, 5.41) is 10.6. The second-order valence-electron chi connectivity index (χ2n) is 11.3. The lowest BCUT2D eigenvalue weighted by molar-refractivity contribution is -0.156. The highest BCUT2D eigenvalue weighted by Crippen LogP contribution is 2.40. The number of β-lactam (4-membered cyclic amide) rings is 1. The number of amides is 1. The topological polar surface area (TPSA) is 91.2 Å². The van der Waals surface area contributed by atoms with Crippen LogP contribution in [0.5, 0.6) is 0 Å². The number of halogens is 3. The fourth-order valence-corrected chi connectivity index (χ4v) is 5.91. The molecule has 5 heterocycles. The molecule has 2 N–H and O–H groups in total. The first-order valence-electron chi connectivity index (χ1n) is 12.9. The second kappa shape index (κ2) is 9.45. The highest BCUT2D eigenvalue weighted by atomic mass is 19.4. The van der Waals surface area contributed by atoms with E-state index < -0.39 is 11.7 Å². The quantitative estimate of drug-likeness (QED) is 0.398. The van der Waals surface area contributed by atoms with Crippen LogP contribution in [0, 0.1) is 12.3 Å². The van der Waals surface area contributed by atoms with Gasteiger partial charge in [-0.25, -0.2) is 4.98 Å². The third-order valence-electron chi connectivity index (χ3n) is 8.05. The normalized spacial score (nSPS) is 25.3. The fourth-order valence-electron chi connectivity index (χ4n) is 5.91. The number of piperidine rings is 1. The molecule has 3 fully saturated rings. The van der Waals surface area contributed by atoms with Crippen molar-refractivity contribution in [1.82, 2.24) is 29.5 Å². The van der Waals surface area contributed by atoms with Crippen LogP contribution in [0.3, 0.4) is 0 Å². The lowest BCUT2D eigenvalue weighted by Crippen LogP contribution is -2.58. The van der Waals surface area contributed by atoms with Crippen LogP contribution in [0.1, 0.15) is 63.3 Å². The minimum absolute atomic E-state index is 0.0702. The Morgan fingerprint density at radius 2 is 1.86 bits per heavy atom. The number of nitrogens with one attached hydrogen (secondary N) is 2. The molecule has 0 saturated carbocycles. The van der Waals surface area contributed by atoms with E-state index in [1.807, 2.05) is 31.6 Å². The summed E-state index contributed by atoms with van der Waals surface area (Å²) in [6, 6.07) is 1.45. The van der Waals surface area contributed by atoms with Crippen LogP contribution in [-0.4, -0.2) is 74.2 Å². The summed E-state index contributed by atoms with van der Waals surface area (Å²) in [7, 11) is 2.19. The van der Waals surface area contributed by atoms with Gasteiger partial charge in [0.05, 0.1) is 22.8 Å². The smallest absolute Gasteiger partial charge is 0.369 e. The number of hydrogen-bond donors (Lipinski definition) is 2. The zero-order valence-corrected chi connectivity index (χ0v) is 21.8. The van der Waals surface area contributed by atoms with Crippen molar-refractivity contribution in [2.75, 3.05) is 37.3 Å². The van der Waals surface area contributed by atoms with Crippen LogP contribution in [0.25, 0.3) is 0 Å². The Morgan fingerprint density at radius 1 is 1.16 bits per heavy atom. The molecule has 9 nitrogen and oxygen atoms in total.